The molecule has 0 bridgehead atoms. The second-order valence-electron chi connectivity index (χ2n) is 6.42. The van der Waals surface area contributed by atoms with Gasteiger partial charge in [0, 0.05) is 23.1 Å². The van der Waals surface area contributed by atoms with Gasteiger partial charge >= 0.3 is 12.0 Å². The third kappa shape index (κ3) is 4.42. The molecule has 0 saturated carbocycles. The Morgan fingerprint density at radius 3 is 2.85 bits per heavy atom. The lowest BCUT2D eigenvalue weighted by Gasteiger charge is -2.16. The molecule has 4 N–H and O–H groups in total. The molecule has 2 saturated heterocycles. The molecule has 1 aromatic carbocycles. The number of rotatable bonds is 7. The molecule has 7 nitrogen and oxygen atoms in total. The van der Waals surface area contributed by atoms with Crippen molar-refractivity contribution in [2.75, 3.05) is 11.1 Å². The van der Waals surface area contributed by atoms with Crippen molar-refractivity contribution < 1.29 is 19.5 Å². The van der Waals surface area contributed by atoms with Gasteiger partial charge in [-0.2, -0.15) is 11.8 Å². The van der Waals surface area contributed by atoms with Gasteiger partial charge in [-0.25, -0.2) is 9.59 Å². The van der Waals surface area contributed by atoms with Crippen molar-refractivity contribution in [3.8, 4) is 0 Å². The largest absolute Gasteiger partial charge is 0.478 e. The van der Waals surface area contributed by atoms with Crippen molar-refractivity contribution in [1.29, 1.82) is 0 Å². The van der Waals surface area contributed by atoms with E-state index >= 15 is 0 Å². The minimum absolute atomic E-state index is 0.00512. The number of urea groups is 1. The minimum Gasteiger partial charge on any atom is -0.478 e. The SMILES string of the molecule is O=C(CCCC[C@@H]1SC[C@@H]2NC(=O)N[C@@H]21)Nc1ccc(C(=O)O)c(Cl)c1. The summed E-state index contributed by atoms with van der Waals surface area (Å²) >= 11 is 7.76. The Labute approximate surface area is 160 Å². The number of amides is 3. The number of anilines is 1. The summed E-state index contributed by atoms with van der Waals surface area (Å²) in [5, 5.41) is 18.0. The molecule has 0 aliphatic carbocycles. The van der Waals surface area contributed by atoms with Gasteiger partial charge in [-0.3, -0.25) is 4.79 Å². The molecule has 9 heteroatoms. The Bertz CT molecular complexity index is 730. The molecule has 2 heterocycles. The number of benzene rings is 1. The van der Waals surface area contributed by atoms with Crippen LogP contribution in [0.5, 0.6) is 0 Å². The second kappa shape index (κ2) is 8.18. The van der Waals surface area contributed by atoms with E-state index in [0.717, 1.165) is 25.0 Å². The highest BCUT2D eigenvalue weighted by Crippen LogP contribution is 2.33. The Morgan fingerprint density at radius 1 is 1.31 bits per heavy atom. The molecule has 3 atom stereocenters. The van der Waals surface area contributed by atoms with Crippen molar-refractivity contribution in [3.63, 3.8) is 0 Å². The van der Waals surface area contributed by atoms with Gasteiger partial charge < -0.3 is 21.1 Å². The fraction of sp³-hybridized carbons (Fsp3) is 0.471. The van der Waals surface area contributed by atoms with E-state index in [1.165, 1.54) is 18.2 Å². The number of aromatic carboxylic acids is 1. The van der Waals surface area contributed by atoms with Gasteiger partial charge in [0.1, 0.15) is 0 Å². The molecule has 2 fully saturated rings. The fourth-order valence-corrected chi connectivity index (χ4v) is 5.07. The number of hydrogen-bond donors (Lipinski definition) is 4. The van der Waals surface area contributed by atoms with Gasteiger partial charge in [0.2, 0.25) is 5.91 Å². The number of thioether (sulfide) groups is 1. The first-order valence-electron chi connectivity index (χ1n) is 8.45. The molecule has 2 aliphatic rings. The summed E-state index contributed by atoms with van der Waals surface area (Å²) in [6, 6.07) is 4.66. The number of carbonyl (C=O) groups excluding carboxylic acids is 2. The van der Waals surface area contributed by atoms with Crippen LogP contribution in [0.2, 0.25) is 5.02 Å². The molecule has 2 aliphatic heterocycles. The zero-order chi connectivity index (χ0) is 18.7. The van der Waals surface area contributed by atoms with Crippen LogP contribution in [0, 0.1) is 0 Å². The molecule has 1 aromatic rings. The molecular formula is C17H20ClN3O4S. The van der Waals surface area contributed by atoms with Crippen LogP contribution in [-0.2, 0) is 4.79 Å². The van der Waals surface area contributed by atoms with Crippen LogP contribution in [0.4, 0.5) is 10.5 Å². The predicted octanol–water partition coefficient (Wildman–Crippen LogP) is 2.70. The summed E-state index contributed by atoms with van der Waals surface area (Å²) in [5.74, 6) is -0.299. The van der Waals surface area contributed by atoms with Gasteiger partial charge in [0.25, 0.3) is 0 Å². The first-order chi connectivity index (χ1) is 12.4. The Kier molecular flexibility index (Phi) is 5.93. The number of carbonyl (C=O) groups is 3. The normalized spacial score (nSPS) is 23.9. The van der Waals surface area contributed by atoms with Crippen LogP contribution in [0.3, 0.4) is 0 Å². The van der Waals surface area contributed by atoms with Gasteiger partial charge in [-0.1, -0.05) is 18.0 Å². The molecule has 140 valence electrons. The van der Waals surface area contributed by atoms with Gasteiger partial charge in [-0.15, -0.1) is 0 Å². The summed E-state index contributed by atoms with van der Waals surface area (Å²) in [4.78, 5) is 34.3. The highest BCUT2D eigenvalue weighted by molar-refractivity contribution is 8.00. The fourth-order valence-electron chi connectivity index (χ4n) is 3.26. The lowest BCUT2D eigenvalue weighted by molar-refractivity contribution is -0.116. The lowest BCUT2D eigenvalue weighted by atomic mass is 10.0. The van der Waals surface area contributed by atoms with Crippen LogP contribution in [0.15, 0.2) is 18.2 Å². The van der Waals surface area contributed by atoms with Crippen LogP contribution < -0.4 is 16.0 Å². The number of fused-ring (bicyclic) bond motifs is 1. The molecule has 26 heavy (non-hydrogen) atoms. The molecule has 0 unspecified atom stereocenters. The van der Waals surface area contributed by atoms with Crippen molar-refractivity contribution in [3.05, 3.63) is 28.8 Å². The number of nitrogens with one attached hydrogen (secondary N) is 3. The van der Waals surface area contributed by atoms with Gasteiger partial charge in [0.15, 0.2) is 0 Å². The summed E-state index contributed by atoms with van der Waals surface area (Å²) in [5.41, 5.74) is 0.490. The zero-order valence-electron chi connectivity index (χ0n) is 14.0. The smallest absolute Gasteiger partial charge is 0.337 e. The Morgan fingerprint density at radius 2 is 2.12 bits per heavy atom. The third-order valence-corrected chi connectivity index (χ3v) is 6.39. The zero-order valence-corrected chi connectivity index (χ0v) is 15.5. The number of unbranched alkanes of at least 4 members (excludes halogenated alkanes) is 1. The maximum Gasteiger partial charge on any atom is 0.337 e. The van der Waals surface area contributed by atoms with Crippen LogP contribution in [0.1, 0.15) is 36.0 Å². The lowest BCUT2D eigenvalue weighted by Crippen LogP contribution is -2.36. The first-order valence-corrected chi connectivity index (χ1v) is 9.88. The summed E-state index contributed by atoms with van der Waals surface area (Å²) in [7, 11) is 0. The highest BCUT2D eigenvalue weighted by Gasteiger charge is 2.42. The van der Waals surface area contributed by atoms with E-state index in [0.29, 0.717) is 17.4 Å². The molecule has 0 aromatic heterocycles. The van der Waals surface area contributed by atoms with Gasteiger partial charge in [-0.05, 0) is 31.0 Å². The van der Waals surface area contributed by atoms with Crippen molar-refractivity contribution in [1.82, 2.24) is 10.6 Å². The van der Waals surface area contributed by atoms with E-state index in [1.54, 1.807) is 0 Å². The van der Waals surface area contributed by atoms with Crippen LogP contribution in [0.25, 0.3) is 0 Å². The molecular weight excluding hydrogens is 378 g/mol. The predicted molar refractivity (Wildman–Crippen MR) is 101 cm³/mol. The summed E-state index contributed by atoms with van der Waals surface area (Å²) in [6.07, 6.45) is 3.00. The number of carboxylic acids is 1. The van der Waals surface area contributed by atoms with Crippen LogP contribution >= 0.6 is 23.4 Å². The van der Waals surface area contributed by atoms with E-state index in [4.69, 9.17) is 16.7 Å². The minimum atomic E-state index is -1.10. The Balaban J connectivity index is 1.39. The first kappa shape index (κ1) is 18.8. The average Bonchev–Trinajstić information content (AvgIpc) is 3.11. The maximum absolute atomic E-state index is 12.0. The standard InChI is InChI=1S/C17H20ClN3O4S/c18-11-7-9(5-6-10(11)16(23)24)19-14(22)4-2-1-3-13-15-12(8-26-13)20-17(25)21-15/h5-7,12-13,15H,1-4,8H2,(H,19,22)(H,23,24)(H2,20,21,25)/t12-,13-,15-/m0/s1. The maximum atomic E-state index is 12.0. The quantitative estimate of drug-likeness (QED) is 0.418. The molecule has 0 radical (unpaired) electrons. The Hall–Kier alpha value is -1.93. The van der Waals surface area contributed by atoms with Crippen molar-refractivity contribution >= 4 is 47.0 Å². The number of hydrogen-bond acceptors (Lipinski definition) is 4. The molecule has 3 amide bonds. The van der Waals surface area contributed by atoms with E-state index in [9.17, 15) is 14.4 Å². The van der Waals surface area contributed by atoms with E-state index in [-0.39, 0.29) is 34.6 Å². The van der Waals surface area contributed by atoms with Crippen LogP contribution in [-0.4, -0.2) is 46.1 Å². The van der Waals surface area contributed by atoms with E-state index < -0.39 is 5.97 Å². The number of halogens is 1. The summed E-state index contributed by atoms with van der Waals surface area (Å²) in [6.45, 7) is 0. The summed E-state index contributed by atoms with van der Waals surface area (Å²) < 4.78 is 0. The molecule has 3 rings (SSSR count). The number of carboxylic acid groups (broad SMARTS) is 1. The molecule has 0 spiro atoms. The topological polar surface area (TPSA) is 108 Å². The second-order valence-corrected chi connectivity index (χ2v) is 8.09. The van der Waals surface area contributed by atoms with E-state index in [1.807, 2.05) is 11.8 Å². The average molecular weight is 398 g/mol. The monoisotopic (exact) mass is 397 g/mol. The highest BCUT2D eigenvalue weighted by atomic mass is 35.5. The van der Waals surface area contributed by atoms with Crippen molar-refractivity contribution in [2.45, 2.75) is 43.0 Å². The van der Waals surface area contributed by atoms with E-state index in [2.05, 4.69) is 16.0 Å². The third-order valence-electron chi connectivity index (χ3n) is 4.56. The van der Waals surface area contributed by atoms with Crippen molar-refractivity contribution in [2.24, 2.45) is 0 Å². The van der Waals surface area contributed by atoms with Gasteiger partial charge in [0.05, 0.1) is 22.7 Å².